The molecule has 2 aromatic carbocycles. The van der Waals surface area contributed by atoms with E-state index in [0.29, 0.717) is 37.4 Å². The quantitative estimate of drug-likeness (QED) is 0.468. The van der Waals surface area contributed by atoms with Crippen LogP contribution in [0.25, 0.3) is 6.08 Å². The Balaban J connectivity index is 1.30. The third-order valence-corrected chi connectivity index (χ3v) is 8.08. The van der Waals surface area contributed by atoms with E-state index >= 15 is 0 Å². The molecule has 2 spiro atoms. The molecule has 8 heteroatoms. The Bertz CT molecular complexity index is 1380. The van der Waals surface area contributed by atoms with Gasteiger partial charge in [-0.05, 0) is 41.3 Å². The number of oxime groups is 1. The molecule has 1 aromatic heterocycles. The first-order chi connectivity index (χ1) is 17.5. The summed E-state index contributed by atoms with van der Waals surface area (Å²) in [4.78, 5) is 35.6. The van der Waals surface area contributed by atoms with Gasteiger partial charge in [0, 0.05) is 43.3 Å². The molecule has 0 aliphatic carbocycles. The van der Waals surface area contributed by atoms with E-state index in [9.17, 15) is 14.0 Å². The number of piperidine rings is 1. The lowest BCUT2D eigenvalue weighted by atomic mass is 9.67. The molecule has 6 nitrogen and oxygen atoms in total. The van der Waals surface area contributed by atoms with Gasteiger partial charge in [-0.1, -0.05) is 41.6 Å². The summed E-state index contributed by atoms with van der Waals surface area (Å²) in [5, 5.41) is 6.28. The van der Waals surface area contributed by atoms with Gasteiger partial charge in [0.25, 0.3) is 0 Å². The zero-order valence-corrected chi connectivity index (χ0v) is 20.2. The molecule has 0 N–H and O–H groups in total. The summed E-state index contributed by atoms with van der Waals surface area (Å²) in [6.45, 7) is 0.784. The van der Waals surface area contributed by atoms with Crippen LogP contribution in [-0.2, 0) is 9.63 Å². The Morgan fingerprint density at radius 3 is 2.64 bits per heavy atom. The number of likely N-dealkylation sites (tertiary alicyclic amines) is 1. The maximum atomic E-state index is 14.1. The number of carbonyl (C=O) groups excluding carboxylic acids is 2. The van der Waals surface area contributed by atoms with E-state index in [2.05, 4.69) is 5.16 Å². The minimum Gasteiger partial charge on any atom is -0.482 e. The molecule has 36 heavy (non-hydrogen) atoms. The van der Waals surface area contributed by atoms with E-state index in [0.717, 1.165) is 10.4 Å². The van der Waals surface area contributed by atoms with Crippen LogP contribution in [0, 0.1) is 5.82 Å². The molecule has 3 aliphatic rings. The number of halogens is 1. The summed E-state index contributed by atoms with van der Waals surface area (Å²) < 4.78 is 20.6. The fraction of sp³-hybridized carbons (Fsp3) is 0.250. The number of thiophene rings is 1. The number of Topliss-reactive ketones (excluding diaryl/α,β-unsaturated/α-hetero) is 1. The van der Waals surface area contributed by atoms with Crippen LogP contribution in [0.1, 0.15) is 40.1 Å². The number of ketones is 1. The highest BCUT2D eigenvalue weighted by atomic mass is 32.1. The monoisotopic (exact) mass is 502 g/mol. The highest BCUT2D eigenvalue weighted by Crippen LogP contribution is 2.51. The lowest BCUT2D eigenvalue weighted by Crippen LogP contribution is -2.68. The fourth-order valence-corrected chi connectivity index (χ4v) is 5.93. The Kier molecular flexibility index (Phi) is 5.48. The number of fused-ring (bicyclic) bond motifs is 2. The standard InChI is InChI=1S/C28H23FN2O4S/c29-20-8-10-24-22(17-20)26(33)28(18-23(30-35-28)19-5-2-1-3-6-19)27(34-24)12-14-31(15-13-27)25(32)11-9-21-7-4-16-36-21/h1-11,16-17H,12-15,18H2/b11-9+. The molecule has 0 bridgehead atoms. The number of nitrogens with zero attached hydrogens (tertiary/aromatic N) is 2. The fourth-order valence-electron chi connectivity index (χ4n) is 5.31. The number of benzene rings is 2. The summed E-state index contributed by atoms with van der Waals surface area (Å²) in [7, 11) is 0. The summed E-state index contributed by atoms with van der Waals surface area (Å²) >= 11 is 1.56. The average molecular weight is 503 g/mol. The second kappa shape index (κ2) is 8.71. The molecule has 1 saturated heterocycles. The number of hydrogen-bond acceptors (Lipinski definition) is 6. The molecule has 6 rings (SSSR count). The topological polar surface area (TPSA) is 68.2 Å². The number of ether oxygens (including phenoxy) is 1. The minimum atomic E-state index is -1.43. The van der Waals surface area contributed by atoms with E-state index in [1.165, 1.54) is 18.2 Å². The summed E-state index contributed by atoms with van der Waals surface area (Å²) in [5.74, 6) is -0.612. The Labute approximate surface area is 211 Å². The normalized spacial score (nSPS) is 22.4. The summed E-state index contributed by atoms with van der Waals surface area (Å²) in [6, 6.07) is 17.4. The van der Waals surface area contributed by atoms with Crippen molar-refractivity contribution in [2.24, 2.45) is 5.16 Å². The Hall–Kier alpha value is -3.78. The van der Waals surface area contributed by atoms with Gasteiger partial charge < -0.3 is 14.5 Å². The predicted molar refractivity (Wildman–Crippen MR) is 135 cm³/mol. The van der Waals surface area contributed by atoms with E-state index in [-0.39, 0.29) is 23.7 Å². The van der Waals surface area contributed by atoms with Gasteiger partial charge in [-0.25, -0.2) is 4.39 Å². The molecule has 1 unspecified atom stereocenters. The van der Waals surface area contributed by atoms with E-state index in [1.807, 2.05) is 53.9 Å². The van der Waals surface area contributed by atoms with Gasteiger partial charge in [-0.2, -0.15) is 0 Å². The van der Waals surface area contributed by atoms with Gasteiger partial charge >= 0.3 is 0 Å². The van der Waals surface area contributed by atoms with Gasteiger partial charge in [0.15, 0.2) is 5.60 Å². The molecular weight excluding hydrogens is 479 g/mol. The highest BCUT2D eigenvalue weighted by molar-refractivity contribution is 7.10. The number of hydrogen-bond donors (Lipinski definition) is 0. The van der Waals surface area contributed by atoms with Crippen LogP contribution in [0.4, 0.5) is 4.39 Å². The average Bonchev–Trinajstić information content (AvgIpc) is 3.60. The van der Waals surface area contributed by atoms with Crippen LogP contribution >= 0.6 is 11.3 Å². The molecule has 0 radical (unpaired) electrons. The maximum absolute atomic E-state index is 14.1. The van der Waals surface area contributed by atoms with Crippen LogP contribution in [0.2, 0.25) is 0 Å². The lowest BCUT2D eigenvalue weighted by Gasteiger charge is -2.51. The Morgan fingerprint density at radius 1 is 1.08 bits per heavy atom. The predicted octanol–water partition coefficient (Wildman–Crippen LogP) is 5.10. The van der Waals surface area contributed by atoms with Crippen LogP contribution in [-0.4, -0.2) is 46.6 Å². The van der Waals surface area contributed by atoms with Gasteiger partial charge in [0.05, 0.1) is 11.3 Å². The van der Waals surface area contributed by atoms with Crippen LogP contribution in [0.15, 0.2) is 77.3 Å². The summed E-state index contributed by atoms with van der Waals surface area (Å²) in [6.07, 6.45) is 4.35. The van der Waals surface area contributed by atoms with Crippen molar-refractivity contribution >= 4 is 34.8 Å². The van der Waals surface area contributed by atoms with Crippen molar-refractivity contribution in [3.05, 3.63) is 93.9 Å². The van der Waals surface area contributed by atoms with E-state index in [1.54, 1.807) is 22.3 Å². The van der Waals surface area contributed by atoms with E-state index in [4.69, 9.17) is 9.57 Å². The van der Waals surface area contributed by atoms with Crippen molar-refractivity contribution in [2.75, 3.05) is 13.1 Å². The van der Waals surface area contributed by atoms with Gasteiger partial charge in [0.1, 0.15) is 11.6 Å². The molecule has 1 atom stereocenters. The van der Waals surface area contributed by atoms with Gasteiger partial charge in [-0.15, -0.1) is 11.3 Å². The zero-order valence-electron chi connectivity index (χ0n) is 19.4. The number of amides is 1. The van der Waals surface area contributed by atoms with Crippen molar-refractivity contribution in [3.63, 3.8) is 0 Å². The van der Waals surface area contributed by atoms with Crippen molar-refractivity contribution in [1.82, 2.24) is 4.90 Å². The zero-order chi connectivity index (χ0) is 24.8. The van der Waals surface area contributed by atoms with Gasteiger partial charge in [-0.3, -0.25) is 9.59 Å². The van der Waals surface area contributed by atoms with Crippen molar-refractivity contribution < 1.29 is 23.6 Å². The number of rotatable bonds is 3. The molecule has 0 saturated carbocycles. The molecule has 3 aliphatic heterocycles. The Morgan fingerprint density at radius 2 is 1.89 bits per heavy atom. The van der Waals surface area contributed by atoms with Crippen LogP contribution < -0.4 is 4.74 Å². The van der Waals surface area contributed by atoms with Crippen LogP contribution in [0.3, 0.4) is 0 Å². The summed E-state index contributed by atoms with van der Waals surface area (Å²) in [5.41, 5.74) is -0.815. The molecule has 3 aromatic rings. The smallest absolute Gasteiger partial charge is 0.246 e. The maximum Gasteiger partial charge on any atom is 0.246 e. The highest BCUT2D eigenvalue weighted by Gasteiger charge is 2.67. The first-order valence-corrected chi connectivity index (χ1v) is 12.7. The number of carbonyl (C=O) groups is 2. The van der Waals surface area contributed by atoms with Gasteiger partial charge in [0.2, 0.25) is 17.3 Å². The van der Waals surface area contributed by atoms with Crippen molar-refractivity contribution in [2.45, 2.75) is 30.5 Å². The third kappa shape index (κ3) is 3.64. The van der Waals surface area contributed by atoms with Crippen molar-refractivity contribution in [3.8, 4) is 5.75 Å². The van der Waals surface area contributed by atoms with E-state index < -0.39 is 17.0 Å². The first-order valence-electron chi connectivity index (χ1n) is 11.8. The first kappa shape index (κ1) is 22.7. The largest absolute Gasteiger partial charge is 0.482 e. The molecule has 4 heterocycles. The van der Waals surface area contributed by atoms with Crippen molar-refractivity contribution in [1.29, 1.82) is 0 Å². The second-order valence-corrected chi connectivity index (χ2v) is 10.2. The molecular formula is C28H23FN2O4S. The molecule has 182 valence electrons. The van der Waals surface area contributed by atoms with Crippen LogP contribution in [0.5, 0.6) is 5.75 Å². The lowest BCUT2D eigenvalue weighted by molar-refractivity contribution is -0.161. The molecule has 1 fully saturated rings. The molecule has 1 amide bonds. The SMILES string of the molecule is O=C(/C=C/c1cccs1)N1CCC2(CC1)Oc1ccc(F)cc1C(=O)C21CC(c2ccccc2)=NO1. The minimum absolute atomic E-state index is 0.0922. The second-order valence-electron chi connectivity index (χ2n) is 9.24. The third-order valence-electron chi connectivity index (χ3n) is 7.25.